The van der Waals surface area contributed by atoms with Crippen LogP contribution in [0.15, 0.2) is 0 Å². The third kappa shape index (κ3) is 37.7. The van der Waals surface area contributed by atoms with E-state index in [0.717, 1.165) is 19.4 Å². The normalized spacial score (nSPS) is 11.2. The van der Waals surface area contributed by atoms with E-state index in [2.05, 4.69) is 17.9 Å². The molecule has 0 aromatic rings. The quantitative estimate of drug-likeness (QED) is 0.0407. The first-order chi connectivity index (χ1) is 19.1. The predicted molar refractivity (Wildman–Crippen MR) is 180 cm³/mol. The van der Waals surface area contributed by atoms with Gasteiger partial charge in [0.2, 0.25) is 0 Å². The molecule has 39 heavy (non-hydrogen) atoms. The highest BCUT2D eigenvalue weighted by Gasteiger charge is 1.98. The Balaban J connectivity index is 3.04. The van der Waals surface area contributed by atoms with Crippen molar-refractivity contribution in [3.63, 3.8) is 0 Å². The third-order valence-corrected chi connectivity index (χ3v) is 8.40. The zero-order chi connectivity index (χ0) is 28.5. The summed E-state index contributed by atoms with van der Waals surface area (Å²) >= 11 is 8.98. The van der Waals surface area contributed by atoms with Gasteiger partial charge in [0.25, 0.3) is 0 Å². The van der Waals surface area contributed by atoms with Crippen molar-refractivity contribution in [1.29, 1.82) is 0 Å². The van der Waals surface area contributed by atoms with E-state index in [1.165, 1.54) is 180 Å². The van der Waals surface area contributed by atoms with E-state index in [-0.39, 0.29) is 0 Å². The molecule has 0 spiro atoms. The lowest BCUT2D eigenvalue weighted by Crippen LogP contribution is -2.17. The second-order valence-corrected chi connectivity index (χ2v) is 13.1. The van der Waals surface area contributed by atoms with Crippen molar-refractivity contribution in [3.8, 4) is 0 Å². The molecule has 0 saturated heterocycles. The zero-order valence-corrected chi connectivity index (χ0v) is 27.5. The zero-order valence-electron chi connectivity index (χ0n) is 25.8. The highest BCUT2D eigenvalue weighted by molar-refractivity contribution is 8.11. The number of carbonyl (C=O) groups is 1. The highest BCUT2D eigenvalue weighted by atomic mass is 32.1. The van der Waals surface area contributed by atoms with Crippen molar-refractivity contribution in [2.75, 3.05) is 6.54 Å². The lowest BCUT2D eigenvalue weighted by Gasteiger charge is -2.05. The summed E-state index contributed by atoms with van der Waals surface area (Å²) in [6, 6.07) is 0. The van der Waals surface area contributed by atoms with Gasteiger partial charge in [-0.15, -0.1) is 12.6 Å². The Morgan fingerprint density at radius 3 is 0.846 bits per heavy atom. The van der Waals surface area contributed by atoms with Crippen LogP contribution in [0.25, 0.3) is 0 Å². The summed E-state index contributed by atoms with van der Waals surface area (Å²) in [6.45, 7) is 0.980. The van der Waals surface area contributed by atoms with Crippen molar-refractivity contribution in [2.24, 2.45) is 0 Å². The number of rotatable bonds is 33. The van der Waals surface area contributed by atoms with E-state index in [4.69, 9.17) is 17.3 Å². The lowest BCUT2D eigenvalue weighted by atomic mass is 10.0. The van der Waals surface area contributed by atoms with Crippen LogP contribution in [-0.2, 0) is 4.79 Å². The molecule has 0 bridgehead atoms. The summed E-state index contributed by atoms with van der Waals surface area (Å²) in [5.41, 5.74) is 0. The molecule has 0 atom stereocenters. The fourth-order valence-electron chi connectivity index (χ4n) is 5.55. The van der Waals surface area contributed by atoms with Gasteiger partial charge in [0.05, 0.1) is 0 Å². The Hall–Kier alpha value is -0.290. The standard InChI is InChI=1S/C34H67NO2S2/c36-33(37)31-29-27-25-23-21-19-17-15-13-11-9-7-5-3-1-2-4-6-8-10-12-14-16-18-20-22-24-26-28-30-32-35-34(38)39/h1-32H2,(H,36,37)(H2,35,38,39). The van der Waals surface area contributed by atoms with Crippen LogP contribution in [0, 0.1) is 0 Å². The SMILES string of the molecule is O=C(O)CCCCCCCCCCCCCCCCCCCCCCCCCCCCCCCCNC(=S)S. The Morgan fingerprint density at radius 1 is 0.436 bits per heavy atom. The number of unbranched alkanes of at least 4 members (excludes halogenated alkanes) is 29. The molecule has 232 valence electrons. The molecule has 5 heteroatoms. The van der Waals surface area contributed by atoms with Gasteiger partial charge >= 0.3 is 5.97 Å². The fraction of sp³-hybridized carbons (Fsp3) is 0.941. The third-order valence-electron chi connectivity index (χ3n) is 8.09. The first-order valence-electron chi connectivity index (χ1n) is 17.3. The maximum absolute atomic E-state index is 10.5. The summed E-state index contributed by atoms with van der Waals surface area (Å²) in [6.07, 6.45) is 41.6. The monoisotopic (exact) mass is 585 g/mol. The maximum atomic E-state index is 10.5. The predicted octanol–water partition coefficient (Wildman–Crippen LogP) is 12.0. The van der Waals surface area contributed by atoms with Gasteiger partial charge in [-0.3, -0.25) is 4.79 Å². The minimum Gasteiger partial charge on any atom is -0.481 e. The minimum atomic E-state index is -0.651. The number of hydrogen-bond donors (Lipinski definition) is 3. The molecule has 0 fully saturated rings. The van der Waals surface area contributed by atoms with Crippen LogP contribution in [0.4, 0.5) is 0 Å². The number of carboxylic acids is 1. The van der Waals surface area contributed by atoms with Crippen LogP contribution in [-0.4, -0.2) is 21.9 Å². The average molecular weight is 586 g/mol. The summed E-state index contributed by atoms with van der Waals surface area (Å²) in [4.78, 5) is 10.5. The molecule has 0 aliphatic carbocycles. The van der Waals surface area contributed by atoms with Crippen LogP contribution in [0.5, 0.6) is 0 Å². The number of carboxylic acid groups (broad SMARTS) is 1. The molecule has 2 N–H and O–H groups in total. The van der Waals surface area contributed by atoms with Gasteiger partial charge in [-0.25, -0.2) is 0 Å². The van der Waals surface area contributed by atoms with Crippen LogP contribution in [0.3, 0.4) is 0 Å². The average Bonchev–Trinajstić information content (AvgIpc) is 2.91. The summed E-state index contributed by atoms with van der Waals surface area (Å²) in [5.74, 6) is -0.651. The Morgan fingerprint density at radius 2 is 0.641 bits per heavy atom. The molecular formula is C34H67NO2S2. The van der Waals surface area contributed by atoms with Gasteiger partial charge in [0.1, 0.15) is 4.32 Å². The van der Waals surface area contributed by atoms with Crippen LogP contribution in [0.2, 0.25) is 0 Å². The smallest absolute Gasteiger partial charge is 0.303 e. The molecule has 0 rings (SSSR count). The van der Waals surface area contributed by atoms with E-state index in [9.17, 15) is 4.79 Å². The fourth-order valence-corrected chi connectivity index (χ4v) is 5.76. The molecule has 0 saturated carbocycles. The minimum absolute atomic E-state index is 0.343. The molecular weight excluding hydrogens is 519 g/mol. The first kappa shape index (κ1) is 38.7. The molecule has 3 nitrogen and oxygen atoms in total. The molecule has 0 amide bonds. The van der Waals surface area contributed by atoms with Crippen molar-refractivity contribution >= 4 is 35.1 Å². The Kier molecular flexibility index (Phi) is 33.7. The summed E-state index contributed by atoms with van der Waals surface area (Å²) in [5, 5.41) is 11.7. The molecule has 0 aromatic carbocycles. The van der Waals surface area contributed by atoms with Gasteiger partial charge < -0.3 is 10.4 Å². The van der Waals surface area contributed by atoms with Crippen molar-refractivity contribution in [3.05, 3.63) is 0 Å². The topological polar surface area (TPSA) is 49.3 Å². The second-order valence-electron chi connectivity index (χ2n) is 12.0. The van der Waals surface area contributed by atoms with Crippen LogP contribution >= 0.6 is 24.8 Å². The van der Waals surface area contributed by atoms with Crippen LogP contribution in [0.1, 0.15) is 199 Å². The van der Waals surface area contributed by atoms with E-state index in [0.29, 0.717) is 10.7 Å². The van der Waals surface area contributed by atoms with Gasteiger partial charge in [-0.2, -0.15) is 0 Å². The number of hydrogen-bond acceptors (Lipinski definition) is 2. The van der Waals surface area contributed by atoms with Crippen molar-refractivity contribution in [2.45, 2.75) is 199 Å². The van der Waals surface area contributed by atoms with Crippen molar-refractivity contribution in [1.82, 2.24) is 5.32 Å². The molecule has 0 unspecified atom stereocenters. The summed E-state index contributed by atoms with van der Waals surface area (Å²) in [7, 11) is 0. The molecule has 0 aromatic heterocycles. The van der Waals surface area contributed by atoms with Gasteiger partial charge in [0.15, 0.2) is 0 Å². The lowest BCUT2D eigenvalue weighted by molar-refractivity contribution is -0.137. The molecule has 0 aliphatic heterocycles. The van der Waals surface area contributed by atoms with E-state index >= 15 is 0 Å². The summed E-state index contributed by atoms with van der Waals surface area (Å²) < 4.78 is 0.623. The van der Waals surface area contributed by atoms with E-state index in [1.807, 2.05) is 0 Å². The first-order valence-corrected chi connectivity index (χ1v) is 18.2. The number of nitrogens with one attached hydrogen (secondary N) is 1. The number of thiocarbonyl (C=S) groups is 1. The Bertz CT molecular complexity index is 471. The molecule has 0 heterocycles. The number of aliphatic carboxylic acids is 1. The van der Waals surface area contributed by atoms with Crippen LogP contribution < -0.4 is 5.32 Å². The molecule has 0 aliphatic rings. The second kappa shape index (κ2) is 33.9. The Labute approximate surface area is 255 Å². The van der Waals surface area contributed by atoms with Gasteiger partial charge in [-0.05, 0) is 12.8 Å². The van der Waals surface area contributed by atoms with Gasteiger partial charge in [-0.1, -0.05) is 192 Å². The van der Waals surface area contributed by atoms with Gasteiger partial charge in [0, 0.05) is 13.0 Å². The van der Waals surface area contributed by atoms with E-state index in [1.54, 1.807) is 0 Å². The van der Waals surface area contributed by atoms with Crippen molar-refractivity contribution < 1.29 is 9.90 Å². The number of thiol groups is 1. The largest absolute Gasteiger partial charge is 0.481 e. The van der Waals surface area contributed by atoms with E-state index < -0.39 is 5.97 Å². The highest BCUT2D eigenvalue weighted by Crippen LogP contribution is 2.16. The maximum Gasteiger partial charge on any atom is 0.303 e. The molecule has 0 radical (unpaired) electrons.